The van der Waals surface area contributed by atoms with Gasteiger partial charge in [-0.05, 0) is 32.4 Å². The quantitative estimate of drug-likeness (QED) is 0.788. The maximum absolute atomic E-state index is 5.91. The number of benzene rings is 1. The second-order valence-corrected chi connectivity index (χ2v) is 6.13. The Balaban J connectivity index is 2.31. The molecular formula is C17H24N2OS. The lowest BCUT2D eigenvalue weighted by molar-refractivity contribution is 0.311. The fourth-order valence-electron chi connectivity index (χ4n) is 2.24. The van der Waals surface area contributed by atoms with Crippen molar-refractivity contribution in [1.29, 1.82) is 0 Å². The van der Waals surface area contributed by atoms with Crippen LogP contribution in [0.15, 0.2) is 29.6 Å². The molecule has 0 saturated carbocycles. The second-order valence-electron chi connectivity index (χ2n) is 5.06. The number of nitrogens with one attached hydrogen (secondary N) is 1. The number of hydrogen-bond donors (Lipinski definition) is 1. The molecule has 0 bridgehead atoms. The van der Waals surface area contributed by atoms with Gasteiger partial charge in [0.05, 0.1) is 23.4 Å². The van der Waals surface area contributed by atoms with Gasteiger partial charge in [-0.3, -0.25) is 0 Å². The zero-order valence-electron chi connectivity index (χ0n) is 13.1. The largest absolute Gasteiger partial charge is 0.493 e. The first-order chi connectivity index (χ1) is 10.3. The molecule has 0 aliphatic rings. The standard InChI is InChI=1S/C17H24N2OS/c1-4-10-18-17(15-12-21-13(3)19-15)14-8-6-7-9-16(14)20-11-5-2/h6-9,12,17-18H,4-5,10-11H2,1-3H3. The summed E-state index contributed by atoms with van der Waals surface area (Å²) in [7, 11) is 0. The summed E-state index contributed by atoms with van der Waals surface area (Å²) < 4.78 is 5.91. The molecule has 0 fully saturated rings. The van der Waals surface area contributed by atoms with E-state index in [0.29, 0.717) is 0 Å². The van der Waals surface area contributed by atoms with Crippen LogP contribution in [0.3, 0.4) is 0 Å². The first-order valence-corrected chi connectivity index (χ1v) is 8.51. The van der Waals surface area contributed by atoms with Crippen LogP contribution >= 0.6 is 11.3 Å². The fraction of sp³-hybridized carbons (Fsp3) is 0.471. The molecule has 1 heterocycles. The summed E-state index contributed by atoms with van der Waals surface area (Å²) in [6.07, 6.45) is 2.11. The van der Waals surface area contributed by atoms with E-state index in [4.69, 9.17) is 4.74 Å². The molecule has 0 saturated heterocycles. The molecule has 1 unspecified atom stereocenters. The Kier molecular flexibility index (Phi) is 6.21. The molecule has 1 aromatic carbocycles. The molecule has 3 nitrogen and oxygen atoms in total. The lowest BCUT2D eigenvalue weighted by Gasteiger charge is -2.20. The van der Waals surface area contributed by atoms with Gasteiger partial charge in [0.2, 0.25) is 0 Å². The molecule has 1 aromatic heterocycles. The number of aromatic nitrogens is 1. The summed E-state index contributed by atoms with van der Waals surface area (Å²) in [4.78, 5) is 4.66. The highest BCUT2D eigenvalue weighted by Gasteiger charge is 2.19. The van der Waals surface area contributed by atoms with Crippen molar-refractivity contribution in [2.45, 2.75) is 39.7 Å². The van der Waals surface area contributed by atoms with E-state index in [9.17, 15) is 0 Å². The highest BCUT2D eigenvalue weighted by molar-refractivity contribution is 7.09. The van der Waals surface area contributed by atoms with Crippen LogP contribution in [0.4, 0.5) is 0 Å². The molecule has 0 amide bonds. The van der Waals surface area contributed by atoms with Crippen molar-refractivity contribution in [3.63, 3.8) is 0 Å². The van der Waals surface area contributed by atoms with E-state index >= 15 is 0 Å². The Labute approximate surface area is 131 Å². The van der Waals surface area contributed by atoms with Crippen molar-refractivity contribution < 1.29 is 4.74 Å². The van der Waals surface area contributed by atoms with E-state index in [1.54, 1.807) is 11.3 Å². The third kappa shape index (κ3) is 4.29. The van der Waals surface area contributed by atoms with Gasteiger partial charge in [-0.15, -0.1) is 11.3 Å². The number of ether oxygens (including phenoxy) is 1. The first kappa shape index (κ1) is 16.0. The van der Waals surface area contributed by atoms with Crippen LogP contribution in [0, 0.1) is 6.92 Å². The average molecular weight is 304 g/mol. The number of aryl methyl sites for hydroxylation is 1. The molecule has 1 N–H and O–H groups in total. The normalized spacial score (nSPS) is 12.3. The third-order valence-electron chi connectivity index (χ3n) is 3.22. The number of nitrogens with zero attached hydrogens (tertiary/aromatic N) is 1. The lowest BCUT2D eigenvalue weighted by Crippen LogP contribution is -2.24. The van der Waals surface area contributed by atoms with Crippen molar-refractivity contribution in [3.05, 3.63) is 45.9 Å². The highest BCUT2D eigenvalue weighted by Crippen LogP contribution is 2.30. The topological polar surface area (TPSA) is 34.2 Å². The zero-order chi connectivity index (χ0) is 15.1. The summed E-state index contributed by atoms with van der Waals surface area (Å²) in [5, 5.41) is 6.83. The van der Waals surface area contributed by atoms with Crippen LogP contribution < -0.4 is 10.1 Å². The maximum atomic E-state index is 5.91. The number of hydrogen-bond acceptors (Lipinski definition) is 4. The van der Waals surface area contributed by atoms with E-state index in [1.165, 1.54) is 5.56 Å². The summed E-state index contributed by atoms with van der Waals surface area (Å²) in [6.45, 7) is 8.05. The van der Waals surface area contributed by atoms with Crippen molar-refractivity contribution >= 4 is 11.3 Å². The zero-order valence-corrected chi connectivity index (χ0v) is 13.9. The SMILES string of the molecule is CCCNC(c1csc(C)n1)c1ccccc1OCCC. The smallest absolute Gasteiger partial charge is 0.124 e. The summed E-state index contributed by atoms with van der Waals surface area (Å²) in [5.41, 5.74) is 2.25. The molecule has 2 rings (SSSR count). The van der Waals surface area contributed by atoms with Gasteiger partial charge >= 0.3 is 0 Å². The first-order valence-electron chi connectivity index (χ1n) is 7.63. The Hall–Kier alpha value is -1.39. The third-order valence-corrected chi connectivity index (χ3v) is 4.01. The van der Waals surface area contributed by atoms with Crippen LogP contribution in [0.1, 0.15) is 49.0 Å². The van der Waals surface area contributed by atoms with Gasteiger partial charge in [0, 0.05) is 10.9 Å². The second kappa shape index (κ2) is 8.15. The van der Waals surface area contributed by atoms with E-state index in [2.05, 4.69) is 41.7 Å². The van der Waals surface area contributed by atoms with Crippen molar-refractivity contribution in [2.24, 2.45) is 0 Å². The van der Waals surface area contributed by atoms with Crippen molar-refractivity contribution in [2.75, 3.05) is 13.2 Å². The van der Waals surface area contributed by atoms with Crippen LogP contribution in [0.2, 0.25) is 0 Å². The molecule has 1 atom stereocenters. The molecule has 21 heavy (non-hydrogen) atoms. The van der Waals surface area contributed by atoms with Gasteiger partial charge in [-0.2, -0.15) is 0 Å². The van der Waals surface area contributed by atoms with Gasteiger partial charge in [0.25, 0.3) is 0 Å². The molecule has 0 radical (unpaired) electrons. The fourth-order valence-corrected chi connectivity index (χ4v) is 2.88. The van der Waals surface area contributed by atoms with Gasteiger partial charge in [-0.25, -0.2) is 4.98 Å². The van der Waals surface area contributed by atoms with Crippen molar-refractivity contribution in [3.8, 4) is 5.75 Å². The predicted molar refractivity (Wildman–Crippen MR) is 89.2 cm³/mol. The average Bonchev–Trinajstić information content (AvgIpc) is 2.93. The van der Waals surface area contributed by atoms with E-state index < -0.39 is 0 Å². The van der Waals surface area contributed by atoms with Crippen LogP contribution in [0.5, 0.6) is 5.75 Å². The van der Waals surface area contributed by atoms with Crippen molar-refractivity contribution in [1.82, 2.24) is 10.3 Å². The summed E-state index contributed by atoms with van der Waals surface area (Å²) >= 11 is 1.69. The Morgan fingerprint density at radius 3 is 2.71 bits per heavy atom. The minimum atomic E-state index is 0.1000. The Bertz CT molecular complexity index is 553. The van der Waals surface area contributed by atoms with Gasteiger partial charge in [-0.1, -0.05) is 32.0 Å². The Morgan fingerprint density at radius 1 is 1.24 bits per heavy atom. The van der Waals surface area contributed by atoms with E-state index in [0.717, 1.165) is 42.4 Å². The van der Waals surface area contributed by atoms with Crippen LogP contribution in [0.25, 0.3) is 0 Å². The van der Waals surface area contributed by atoms with Crippen LogP contribution in [-0.2, 0) is 0 Å². The van der Waals surface area contributed by atoms with E-state index in [-0.39, 0.29) is 6.04 Å². The van der Waals surface area contributed by atoms with Gasteiger partial charge < -0.3 is 10.1 Å². The summed E-state index contributed by atoms with van der Waals surface area (Å²) in [5.74, 6) is 0.957. The van der Waals surface area contributed by atoms with E-state index in [1.807, 2.05) is 19.1 Å². The predicted octanol–water partition coefficient (Wildman–Crippen LogP) is 4.33. The molecule has 0 aliphatic carbocycles. The molecule has 2 aromatic rings. The molecular weight excluding hydrogens is 280 g/mol. The molecule has 0 spiro atoms. The monoisotopic (exact) mass is 304 g/mol. The maximum Gasteiger partial charge on any atom is 0.124 e. The molecule has 4 heteroatoms. The number of rotatable bonds is 8. The van der Waals surface area contributed by atoms with Crippen LogP contribution in [-0.4, -0.2) is 18.1 Å². The summed E-state index contributed by atoms with van der Waals surface area (Å²) in [6, 6.07) is 8.37. The van der Waals surface area contributed by atoms with Gasteiger partial charge in [0.1, 0.15) is 5.75 Å². The highest BCUT2D eigenvalue weighted by atomic mass is 32.1. The number of thiazole rings is 1. The number of para-hydroxylation sites is 1. The minimum Gasteiger partial charge on any atom is -0.493 e. The lowest BCUT2D eigenvalue weighted by atomic mass is 10.0. The Morgan fingerprint density at radius 2 is 2.05 bits per heavy atom. The molecule has 0 aliphatic heterocycles. The van der Waals surface area contributed by atoms with Gasteiger partial charge in [0.15, 0.2) is 0 Å². The minimum absolute atomic E-state index is 0.1000. The molecule has 114 valence electrons.